The van der Waals surface area contributed by atoms with Crippen molar-refractivity contribution in [2.45, 2.75) is 31.8 Å². The molecular formula is C20H23N3O3. The first-order valence-corrected chi connectivity index (χ1v) is 9.13. The molecule has 3 heterocycles. The molecule has 26 heavy (non-hydrogen) atoms. The SMILES string of the molecule is CCc1cccc2ccc(C(=O)N3CCC4(CC3)CN(C)C(=O)O4)nc12. The summed E-state index contributed by atoms with van der Waals surface area (Å²) < 4.78 is 5.56. The van der Waals surface area contributed by atoms with Gasteiger partial charge in [-0.15, -0.1) is 0 Å². The summed E-state index contributed by atoms with van der Waals surface area (Å²) in [4.78, 5) is 32.7. The number of hydrogen-bond acceptors (Lipinski definition) is 4. The van der Waals surface area contributed by atoms with Crippen LogP contribution in [0.4, 0.5) is 4.79 Å². The van der Waals surface area contributed by atoms with E-state index in [2.05, 4.69) is 18.0 Å². The Balaban J connectivity index is 1.52. The van der Waals surface area contributed by atoms with Crippen LogP contribution < -0.4 is 0 Å². The van der Waals surface area contributed by atoms with E-state index < -0.39 is 5.60 Å². The Morgan fingerprint density at radius 1 is 1.23 bits per heavy atom. The van der Waals surface area contributed by atoms with E-state index in [0.29, 0.717) is 38.2 Å². The van der Waals surface area contributed by atoms with Crippen LogP contribution in [0.2, 0.25) is 0 Å². The third-order valence-corrected chi connectivity index (χ3v) is 5.51. The van der Waals surface area contributed by atoms with Gasteiger partial charge < -0.3 is 14.5 Å². The van der Waals surface area contributed by atoms with Crippen LogP contribution in [0, 0.1) is 0 Å². The number of aryl methyl sites for hydroxylation is 1. The molecule has 0 saturated carbocycles. The quantitative estimate of drug-likeness (QED) is 0.833. The summed E-state index contributed by atoms with van der Waals surface area (Å²) >= 11 is 0. The van der Waals surface area contributed by atoms with Crippen LogP contribution in [0.15, 0.2) is 30.3 Å². The van der Waals surface area contributed by atoms with Crippen LogP contribution in [0.1, 0.15) is 35.8 Å². The van der Waals surface area contributed by atoms with Gasteiger partial charge in [-0.25, -0.2) is 9.78 Å². The maximum absolute atomic E-state index is 12.9. The van der Waals surface area contributed by atoms with E-state index in [1.165, 1.54) is 0 Å². The first-order chi connectivity index (χ1) is 12.5. The molecule has 0 unspecified atom stereocenters. The van der Waals surface area contributed by atoms with E-state index in [1.54, 1.807) is 18.0 Å². The summed E-state index contributed by atoms with van der Waals surface area (Å²) in [6.07, 6.45) is 1.95. The number of rotatable bonds is 2. The Bertz CT molecular complexity index is 872. The highest BCUT2D eigenvalue weighted by Crippen LogP contribution is 2.33. The minimum Gasteiger partial charge on any atom is -0.441 e. The summed E-state index contributed by atoms with van der Waals surface area (Å²) in [5.41, 5.74) is 2.10. The summed E-state index contributed by atoms with van der Waals surface area (Å²) in [6.45, 7) is 3.85. The first kappa shape index (κ1) is 16.8. The maximum atomic E-state index is 12.9. The standard InChI is InChI=1S/C20H23N3O3/c1-3-14-5-4-6-15-7-8-16(21-17(14)15)18(24)23-11-9-20(10-12-23)13-22(2)19(25)26-20/h4-8H,3,9-13H2,1-2H3. The highest BCUT2D eigenvalue weighted by Gasteiger charge is 2.46. The van der Waals surface area contributed by atoms with E-state index in [1.807, 2.05) is 23.1 Å². The van der Waals surface area contributed by atoms with Crippen LogP contribution in [-0.2, 0) is 11.2 Å². The molecular weight excluding hydrogens is 330 g/mol. The number of hydrogen-bond donors (Lipinski definition) is 0. The molecule has 2 amide bonds. The molecule has 2 aliphatic rings. The fraction of sp³-hybridized carbons (Fsp3) is 0.450. The number of fused-ring (bicyclic) bond motifs is 1. The minimum absolute atomic E-state index is 0.0506. The predicted molar refractivity (Wildman–Crippen MR) is 98.1 cm³/mol. The molecule has 2 saturated heterocycles. The van der Waals surface area contributed by atoms with Crippen LogP contribution in [0.5, 0.6) is 0 Å². The molecule has 1 spiro atoms. The molecule has 0 bridgehead atoms. The second-order valence-corrected chi connectivity index (χ2v) is 7.24. The van der Waals surface area contributed by atoms with Crippen molar-refractivity contribution < 1.29 is 14.3 Å². The van der Waals surface area contributed by atoms with Crippen LogP contribution in [0.25, 0.3) is 10.9 Å². The molecule has 136 valence electrons. The number of likely N-dealkylation sites (N-methyl/N-ethyl adjacent to an activating group) is 1. The van der Waals surface area contributed by atoms with Gasteiger partial charge in [0.15, 0.2) is 0 Å². The molecule has 6 nitrogen and oxygen atoms in total. The molecule has 4 rings (SSSR count). The van der Waals surface area contributed by atoms with Crippen molar-refractivity contribution in [2.24, 2.45) is 0 Å². The highest BCUT2D eigenvalue weighted by molar-refractivity contribution is 5.95. The smallest absolute Gasteiger partial charge is 0.410 e. The van der Waals surface area contributed by atoms with Gasteiger partial charge in [0, 0.05) is 38.4 Å². The average molecular weight is 353 g/mol. The topological polar surface area (TPSA) is 62.7 Å². The fourth-order valence-corrected chi connectivity index (χ4v) is 3.94. The summed E-state index contributed by atoms with van der Waals surface area (Å²) in [7, 11) is 1.75. The van der Waals surface area contributed by atoms with Crippen LogP contribution >= 0.6 is 0 Å². The van der Waals surface area contributed by atoms with Gasteiger partial charge in [-0.3, -0.25) is 4.79 Å². The molecule has 0 N–H and O–H groups in total. The summed E-state index contributed by atoms with van der Waals surface area (Å²) in [5.74, 6) is -0.0506. The highest BCUT2D eigenvalue weighted by atomic mass is 16.6. The van der Waals surface area contributed by atoms with Gasteiger partial charge in [-0.05, 0) is 18.1 Å². The van der Waals surface area contributed by atoms with Gasteiger partial charge in [0.1, 0.15) is 11.3 Å². The van der Waals surface area contributed by atoms with E-state index in [4.69, 9.17) is 4.74 Å². The van der Waals surface area contributed by atoms with Crippen LogP contribution in [0.3, 0.4) is 0 Å². The third kappa shape index (κ3) is 2.79. The lowest BCUT2D eigenvalue weighted by Gasteiger charge is -2.37. The Kier molecular flexibility index (Phi) is 4.05. The van der Waals surface area contributed by atoms with E-state index in [9.17, 15) is 9.59 Å². The normalized spacial score (nSPS) is 19.2. The van der Waals surface area contributed by atoms with Gasteiger partial charge >= 0.3 is 6.09 Å². The third-order valence-electron chi connectivity index (χ3n) is 5.51. The fourth-order valence-electron chi connectivity index (χ4n) is 3.94. The number of carbonyl (C=O) groups is 2. The molecule has 0 atom stereocenters. The zero-order chi connectivity index (χ0) is 18.3. The number of amides is 2. The van der Waals surface area contributed by atoms with Gasteiger partial charge in [0.25, 0.3) is 5.91 Å². The number of para-hydroxylation sites is 1. The van der Waals surface area contributed by atoms with E-state index >= 15 is 0 Å². The zero-order valence-corrected chi connectivity index (χ0v) is 15.2. The minimum atomic E-state index is -0.436. The Labute approximate surface area is 152 Å². The number of piperidine rings is 1. The zero-order valence-electron chi connectivity index (χ0n) is 15.2. The van der Waals surface area contributed by atoms with Gasteiger partial charge in [0.2, 0.25) is 0 Å². The number of nitrogens with zero attached hydrogens (tertiary/aromatic N) is 3. The van der Waals surface area contributed by atoms with Crippen molar-refractivity contribution in [3.8, 4) is 0 Å². The number of benzene rings is 1. The van der Waals surface area contributed by atoms with Crippen molar-refractivity contribution in [3.63, 3.8) is 0 Å². The van der Waals surface area contributed by atoms with E-state index in [0.717, 1.165) is 22.9 Å². The van der Waals surface area contributed by atoms with Gasteiger partial charge in [-0.2, -0.15) is 0 Å². The first-order valence-electron chi connectivity index (χ1n) is 9.13. The Morgan fingerprint density at radius 2 is 2.00 bits per heavy atom. The molecule has 6 heteroatoms. The van der Waals surface area contributed by atoms with Gasteiger partial charge in [-0.1, -0.05) is 31.2 Å². The summed E-state index contributed by atoms with van der Waals surface area (Å²) in [6, 6.07) is 9.87. The Hall–Kier alpha value is -2.63. The lowest BCUT2D eigenvalue weighted by molar-refractivity contribution is 0.00301. The predicted octanol–water partition coefficient (Wildman–Crippen LogP) is 2.85. The lowest BCUT2D eigenvalue weighted by Crippen LogP contribution is -2.48. The lowest BCUT2D eigenvalue weighted by atomic mass is 9.91. The molecule has 0 radical (unpaired) electrons. The monoisotopic (exact) mass is 353 g/mol. The second kappa shape index (κ2) is 6.27. The second-order valence-electron chi connectivity index (χ2n) is 7.24. The van der Waals surface area contributed by atoms with Crippen molar-refractivity contribution in [1.82, 2.24) is 14.8 Å². The van der Waals surface area contributed by atoms with Crippen LogP contribution in [-0.4, -0.2) is 59.1 Å². The summed E-state index contributed by atoms with van der Waals surface area (Å²) in [5, 5.41) is 1.06. The maximum Gasteiger partial charge on any atom is 0.410 e. The number of pyridine rings is 1. The molecule has 2 aromatic rings. The molecule has 2 aliphatic heterocycles. The largest absolute Gasteiger partial charge is 0.441 e. The van der Waals surface area contributed by atoms with Crippen molar-refractivity contribution in [3.05, 3.63) is 41.6 Å². The van der Waals surface area contributed by atoms with Crippen molar-refractivity contribution in [2.75, 3.05) is 26.7 Å². The van der Waals surface area contributed by atoms with Crippen molar-refractivity contribution >= 4 is 22.9 Å². The van der Waals surface area contributed by atoms with Gasteiger partial charge in [0.05, 0.1) is 12.1 Å². The Morgan fingerprint density at radius 3 is 2.65 bits per heavy atom. The molecule has 2 fully saturated rings. The number of ether oxygens (including phenoxy) is 1. The molecule has 1 aromatic heterocycles. The van der Waals surface area contributed by atoms with E-state index in [-0.39, 0.29) is 12.0 Å². The number of carbonyl (C=O) groups excluding carboxylic acids is 2. The average Bonchev–Trinajstić information content (AvgIpc) is 2.94. The molecule has 0 aliphatic carbocycles. The number of aromatic nitrogens is 1. The number of likely N-dealkylation sites (tertiary alicyclic amines) is 1. The van der Waals surface area contributed by atoms with Crippen molar-refractivity contribution in [1.29, 1.82) is 0 Å². The molecule has 1 aromatic carbocycles.